The average molecular weight is 266 g/mol. The largest absolute Gasteiger partial charge is 0.493 e. The van der Waals surface area contributed by atoms with E-state index in [1.165, 1.54) is 0 Å². The molecule has 0 amide bonds. The van der Waals surface area contributed by atoms with Crippen LogP contribution >= 0.6 is 0 Å². The molecule has 0 aliphatic carbocycles. The minimum atomic E-state index is -0.289. The van der Waals surface area contributed by atoms with Crippen molar-refractivity contribution in [2.75, 3.05) is 14.2 Å². The first kappa shape index (κ1) is 15.8. The van der Waals surface area contributed by atoms with Gasteiger partial charge in [0.15, 0.2) is 11.5 Å². The molecule has 1 aromatic carbocycles. The molecule has 0 saturated carbocycles. The minimum Gasteiger partial charge on any atom is -0.493 e. The van der Waals surface area contributed by atoms with Gasteiger partial charge < -0.3 is 14.6 Å². The fourth-order valence-electron chi connectivity index (χ4n) is 2.37. The van der Waals surface area contributed by atoms with Crippen LogP contribution in [0.3, 0.4) is 0 Å². The van der Waals surface area contributed by atoms with Crippen molar-refractivity contribution >= 4 is 0 Å². The molecule has 0 aromatic heterocycles. The third-order valence-electron chi connectivity index (χ3n) is 3.68. The van der Waals surface area contributed by atoms with Gasteiger partial charge in [-0.3, -0.25) is 0 Å². The summed E-state index contributed by atoms with van der Waals surface area (Å²) < 4.78 is 10.5. The van der Waals surface area contributed by atoms with Gasteiger partial charge in [-0.1, -0.05) is 32.8 Å². The predicted octanol–water partition coefficient (Wildman–Crippen LogP) is 3.43. The highest BCUT2D eigenvalue weighted by Crippen LogP contribution is 2.28. The van der Waals surface area contributed by atoms with Gasteiger partial charge in [-0.25, -0.2) is 0 Å². The van der Waals surface area contributed by atoms with Crippen LogP contribution < -0.4 is 9.47 Å². The lowest BCUT2D eigenvalue weighted by atomic mass is 9.93. The number of hydrogen-bond donors (Lipinski definition) is 1. The van der Waals surface area contributed by atoms with Gasteiger partial charge in [-0.15, -0.1) is 0 Å². The second kappa shape index (κ2) is 8.05. The van der Waals surface area contributed by atoms with Crippen LogP contribution in [0.1, 0.15) is 38.7 Å². The van der Waals surface area contributed by atoms with E-state index in [-0.39, 0.29) is 6.10 Å². The van der Waals surface area contributed by atoms with E-state index >= 15 is 0 Å². The van der Waals surface area contributed by atoms with Crippen molar-refractivity contribution in [2.24, 2.45) is 5.92 Å². The van der Waals surface area contributed by atoms with Crippen molar-refractivity contribution < 1.29 is 14.6 Å². The van der Waals surface area contributed by atoms with Crippen LogP contribution in [0.5, 0.6) is 11.5 Å². The lowest BCUT2D eigenvalue weighted by Crippen LogP contribution is -2.15. The first-order valence-electron chi connectivity index (χ1n) is 7.03. The second-order valence-electron chi connectivity index (χ2n) is 4.97. The summed E-state index contributed by atoms with van der Waals surface area (Å²) in [5.41, 5.74) is 1.08. The zero-order valence-corrected chi connectivity index (χ0v) is 12.5. The molecule has 1 N–H and O–H groups in total. The zero-order valence-electron chi connectivity index (χ0n) is 12.5. The fraction of sp³-hybridized carbons (Fsp3) is 0.625. The van der Waals surface area contributed by atoms with E-state index in [4.69, 9.17) is 9.47 Å². The van der Waals surface area contributed by atoms with E-state index in [0.29, 0.717) is 12.3 Å². The summed E-state index contributed by atoms with van der Waals surface area (Å²) in [4.78, 5) is 0. The summed E-state index contributed by atoms with van der Waals surface area (Å²) in [5, 5.41) is 10.2. The highest BCUT2D eigenvalue weighted by atomic mass is 16.5. The molecule has 0 fully saturated rings. The van der Waals surface area contributed by atoms with E-state index in [2.05, 4.69) is 13.8 Å². The number of rotatable bonds is 8. The van der Waals surface area contributed by atoms with Crippen LogP contribution in [0.15, 0.2) is 18.2 Å². The van der Waals surface area contributed by atoms with E-state index in [0.717, 1.165) is 36.3 Å². The molecular formula is C16H26O3. The summed E-state index contributed by atoms with van der Waals surface area (Å²) in [6.07, 6.45) is 3.49. The number of aliphatic hydroxyl groups excluding tert-OH is 1. The molecule has 0 aliphatic rings. The summed E-state index contributed by atoms with van der Waals surface area (Å²) in [5.74, 6) is 2.05. The molecule has 0 radical (unpaired) electrons. The molecule has 1 atom stereocenters. The maximum atomic E-state index is 10.2. The van der Waals surface area contributed by atoms with E-state index in [1.807, 2.05) is 18.2 Å². The Balaban J connectivity index is 2.66. The Hall–Kier alpha value is -1.22. The number of hydrogen-bond acceptors (Lipinski definition) is 3. The SMILES string of the molecule is CCC(CC)CC(O)Cc1ccc(OC)c(OC)c1. The van der Waals surface area contributed by atoms with Crippen molar-refractivity contribution in [2.45, 2.75) is 45.6 Å². The van der Waals surface area contributed by atoms with Crippen molar-refractivity contribution in [3.8, 4) is 11.5 Å². The molecule has 0 aliphatic heterocycles. The average Bonchev–Trinajstić information content (AvgIpc) is 2.44. The monoisotopic (exact) mass is 266 g/mol. The first-order chi connectivity index (χ1) is 9.14. The van der Waals surface area contributed by atoms with Crippen molar-refractivity contribution in [3.63, 3.8) is 0 Å². The van der Waals surface area contributed by atoms with Gasteiger partial charge in [0, 0.05) is 0 Å². The molecule has 0 saturated heterocycles. The number of ether oxygens (including phenoxy) is 2. The highest BCUT2D eigenvalue weighted by Gasteiger charge is 2.13. The van der Waals surface area contributed by atoms with Gasteiger partial charge in [0.05, 0.1) is 20.3 Å². The normalized spacial score (nSPS) is 12.5. The molecule has 3 nitrogen and oxygen atoms in total. The van der Waals surface area contributed by atoms with Crippen LogP contribution in [-0.4, -0.2) is 25.4 Å². The van der Waals surface area contributed by atoms with Crippen molar-refractivity contribution in [1.29, 1.82) is 0 Å². The van der Waals surface area contributed by atoms with E-state index in [1.54, 1.807) is 14.2 Å². The lowest BCUT2D eigenvalue weighted by molar-refractivity contribution is 0.139. The Bertz CT molecular complexity index is 372. The van der Waals surface area contributed by atoms with E-state index in [9.17, 15) is 5.11 Å². The zero-order chi connectivity index (χ0) is 14.3. The van der Waals surface area contributed by atoms with Crippen LogP contribution in [-0.2, 0) is 6.42 Å². The Morgan fingerprint density at radius 3 is 2.21 bits per heavy atom. The second-order valence-corrected chi connectivity index (χ2v) is 4.97. The quantitative estimate of drug-likeness (QED) is 0.783. The van der Waals surface area contributed by atoms with Crippen LogP contribution in [0, 0.1) is 5.92 Å². The van der Waals surface area contributed by atoms with Gasteiger partial charge in [-0.2, -0.15) is 0 Å². The third kappa shape index (κ3) is 4.75. The predicted molar refractivity (Wildman–Crippen MR) is 77.9 cm³/mol. The summed E-state index contributed by atoms with van der Waals surface area (Å²) in [6.45, 7) is 4.36. The maximum Gasteiger partial charge on any atom is 0.160 e. The maximum absolute atomic E-state index is 10.2. The Labute approximate surface area is 116 Å². The molecule has 0 heterocycles. The molecule has 19 heavy (non-hydrogen) atoms. The fourth-order valence-corrected chi connectivity index (χ4v) is 2.37. The molecule has 0 bridgehead atoms. The van der Waals surface area contributed by atoms with Gasteiger partial charge in [-0.05, 0) is 36.5 Å². The highest BCUT2D eigenvalue weighted by molar-refractivity contribution is 5.43. The molecule has 3 heteroatoms. The summed E-state index contributed by atoms with van der Waals surface area (Å²) in [6, 6.07) is 5.81. The van der Waals surface area contributed by atoms with Gasteiger partial charge in [0.2, 0.25) is 0 Å². The number of benzene rings is 1. The molecular weight excluding hydrogens is 240 g/mol. The van der Waals surface area contributed by atoms with Gasteiger partial charge in [0.25, 0.3) is 0 Å². The first-order valence-corrected chi connectivity index (χ1v) is 7.03. The third-order valence-corrected chi connectivity index (χ3v) is 3.68. The minimum absolute atomic E-state index is 0.289. The molecule has 108 valence electrons. The Morgan fingerprint density at radius 2 is 1.68 bits per heavy atom. The van der Waals surface area contributed by atoms with Crippen LogP contribution in [0.2, 0.25) is 0 Å². The lowest BCUT2D eigenvalue weighted by Gasteiger charge is -2.18. The molecule has 1 aromatic rings. The smallest absolute Gasteiger partial charge is 0.160 e. The number of aliphatic hydroxyl groups is 1. The van der Waals surface area contributed by atoms with Crippen LogP contribution in [0.25, 0.3) is 0 Å². The van der Waals surface area contributed by atoms with Crippen LogP contribution in [0.4, 0.5) is 0 Å². The Morgan fingerprint density at radius 1 is 1.05 bits per heavy atom. The van der Waals surface area contributed by atoms with Gasteiger partial charge >= 0.3 is 0 Å². The van der Waals surface area contributed by atoms with Crippen molar-refractivity contribution in [1.82, 2.24) is 0 Å². The summed E-state index contributed by atoms with van der Waals surface area (Å²) >= 11 is 0. The topological polar surface area (TPSA) is 38.7 Å². The summed E-state index contributed by atoms with van der Waals surface area (Å²) in [7, 11) is 3.25. The number of methoxy groups -OCH3 is 2. The van der Waals surface area contributed by atoms with E-state index < -0.39 is 0 Å². The molecule has 1 rings (SSSR count). The Kier molecular flexibility index (Phi) is 6.71. The standard InChI is InChI=1S/C16H26O3/c1-5-12(6-2)9-14(17)10-13-7-8-15(18-3)16(11-13)19-4/h7-8,11-12,14,17H,5-6,9-10H2,1-4H3. The molecule has 1 unspecified atom stereocenters. The van der Waals surface area contributed by atoms with Crippen molar-refractivity contribution in [3.05, 3.63) is 23.8 Å². The molecule has 0 spiro atoms. The van der Waals surface area contributed by atoms with Gasteiger partial charge in [0.1, 0.15) is 0 Å².